The molecule has 26 heavy (non-hydrogen) atoms. The average Bonchev–Trinajstić information content (AvgIpc) is 2.90. The van der Waals surface area contributed by atoms with Gasteiger partial charge in [0.2, 0.25) is 0 Å². The summed E-state index contributed by atoms with van der Waals surface area (Å²) in [5.74, 6) is 0. The molecule has 1 aromatic heterocycles. The maximum absolute atomic E-state index is 11.7. The van der Waals surface area contributed by atoms with Gasteiger partial charge in [0.05, 0.1) is 13.2 Å². The van der Waals surface area contributed by atoms with Crippen molar-refractivity contribution < 1.29 is 23.8 Å². The smallest absolute Gasteiger partial charge is 0.377 e. The van der Waals surface area contributed by atoms with Crippen molar-refractivity contribution in [2.75, 3.05) is 19.8 Å². The first kappa shape index (κ1) is 24.0. The van der Waals surface area contributed by atoms with E-state index in [4.69, 9.17) is 21.1 Å². The molecular weight excluding hydrogens is 399 g/mol. The van der Waals surface area contributed by atoms with Gasteiger partial charge in [0.15, 0.2) is 5.44 Å². The lowest BCUT2D eigenvalue weighted by Crippen LogP contribution is -2.13. The van der Waals surface area contributed by atoms with E-state index in [1.54, 1.807) is 4.68 Å². The van der Waals surface area contributed by atoms with Gasteiger partial charge in [0, 0.05) is 13.2 Å². The Morgan fingerprint density at radius 3 is 2.54 bits per heavy atom. The number of aromatic nitrogens is 2. The normalized spacial score (nSPS) is 13.3. The Kier molecular flexibility index (Phi) is 11.4. The number of rotatable bonds is 14. The quantitative estimate of drug-likeness (QED) is 0.201. The van der Waals surface area contributed by atoms with Gasteiger partial charge >= 0.3 is 7.60 Å². The van der Waals surface area contributed by atoms with Crippen LogP contribution in [0.15, 0.2) is 5.03 Å². The molecule has 0 aliphatic carbocycles. The molecule has 0 radical (unpaired) electrons. The molecule has 0 saturated heterocycles. The highest BCUT2D eigenvalue weighted by atomic mass is 35.5. The molecule has 1 rings (SSSR count). The fourth-order valence-corrected chi connectivity index (χ4v) is 4.59. The molecule has 7 nitrogen and oxygen atoms in total. The summed E-state index contributed by atoms with van der Waals surface area (Å²) in [5, 5.41) is 4.66. The number of nitrogens with zero attached hydrogens (tertiary/aromatic N) is 2. The van der Waals surface area contributed by atoms with E-state index in [1.807, 2.05) is 13.8 Å². The molecule has 1 unspecified atom stereocenters. The van der Waals surface area contributed by atoms with E-state index in [1.165, 1.54) is 11.8 Å². The zero-order valence-corrected chi connectivity index (χ0v) is 18.2. The van der Waals surface area contributed by atoms with Gasteiger partial charge in [0.1, 0.15) is 15.5 Å². The topological polar surface area (TPSA) is 93.8 Å². The summed E-state index contributed by atoms with van der Waals surface area (Å²) >= 11 is 7.61. The summed E-state index contributed by atoms with van der Waals surface area (Å²) in [6, 6.07) is 0. The van der Waals surface area contributed by atoms with Crippen LogP contribution in [-0.2, 0) is 20.6 Å². The molecule has 1 aromatic rings. The molecule has 0 spiro atoms. The standard InChI is InChI=1S/C16H30ClN2O5PS/c1-4-7-8-9-10-19-16(14(17)15(18-19)25(20,21)22)26-13(5-2)24-12-11-23-6-3/h13H,4-12H2,1-3H3,(H2,20,21,22). The maximum atomic E-state index is 11.7. The van der Waals surface area contributed by atoms with Crippen molar-refractivity contribution in [3.05, 3.63) is 5.02 Å². The zero-order chi connectivity index (χ0) is 19.6. The molecule has 0 aliphatic rings. The fraction of sp³-hybridized carbons (Fsp3) is 0.812. The molecular formula is C16H30ClN2O5PS. The molecule has 0 amide bonds. The third-order valence-corrected chi connectivity index (χ3v) is 6.48. The van der Waals surface area contributed by atoms with Crippen LogP contribution >= 0.6 is 31.0 Å². The predicted octanol–water partition coefficient (Wildman–Crippen LogP) is 3.80. The molecule has 1 atom stereocenters. The first-order valence-corrected chi connectivity index (χ1v) is 11.9. The van der Waals surface area contributed by atoms with Crippen LogP contribution in [-0.4, -0.2) is 44.8 Å². The lowest BCUT2D eigenvalue weighted by atomic mass is 10.2. The first-order valence-electron chi connectivity index (χ1n) is 9.03. The Bertz CT molecular complexity index is 581. The minimum Gasteiger partial charge on any atom is -0.379 e. The predicted molar refractivity (Wildman–Crippen MR) is 105 cm³/mol. The van der Waals surface area contributed by atoms with E-state index in [9.17, 15) is 14.4 Å². The first-order chi connectivity index (χ1) is 12.3. The molecule has 0 bridgehead atoms. The third-order valence-electron chi connectivity index (χ3n) is 3.65. The summed E-state index contributed by atoms with van der Waals surface area (Å²) in [5.41, 5.74) is -0.551. The van der Waals surface area contributed by atoms with Gasteiger partial charge in [-0.15, -0.1) is 0 Å². The fourth-order valence-electron chi connectivity index (χ4n) is 2.29. The molecule has 0 aromatic carbocycles. The van der Waals surface area contributed by atoms with Gasteiger partial charge in [-0.1, -0.05) is 56.5 Å². The summed E-state index contributed by atoms with van der Waals surface area (Å²) in [4.78, 5) is 19.0. The number of hydrogen-bond donors (Lipinski definition) is 2. The molecule has 0 saturated carbocycles. The second-order valence-electron chi connectivity index (χ2n) is 5.79. The Labute approximate surface area is 164 Å². The largest absolute Gasteiger partial charge is 0.379 e. The molecule has 0 fully saturated rings. The van der Waals surface area contributed by atoms with Crippen molar-refractivity contribution in [2.45, 2.75) is 69.9 Å². The lowest BCUT2D eigenvalue weighted by molar-refractivity contribution is 0.0407. The molecule has 152 valence electrons. The summed E-state index contributed by atoms with van der Waals surface area (Å²) in [7, 11) is -4.53. The third kappa shape index (κ3) is 7.89. The number of thioether (sulfide) groups is 1. The lowest BCUT2D eigenvalue weighted by Gasteiger charge is -2.16. The van der Waals surface area contributed by atoms with Gasteiger partial charge in [-0.25, -0.2) is 0 Å². The van der Waals surface area contributed by atoms with E-state index in [2.05, 4.69) is 12.0 Å². The van der Waals surface area contributed by atoms with E-state index >= 15 is 0 Å². The van der Waals surface area contributed by atoms with Crippen LogP contribution in [0.25, 0.3) is 0 Å². The van der Waals surface area contributed by atoms with E-state index in [-0.39, 0.29) is 15.9 Å². The van der Waals surface area contributed by atoms with Crippen LogP contribution in [0.3, 0.4) is 0 Å². The Balaban J connectivity index is 2.90. The van der Waals surface area contributed by atoms with Crippen molar-refractivity contribution >= 4 is 36.4 Å². The monoisotopic (exact) mass is 428 g/mol. The van der Waals surface area contributed by atoms with Crippen LogP contribution in [0.5, 0.6) is 0 Å². The number of aryl methyl sites for hydroxylation is 1. The summed E-state index contributed by atoms with van der Waals surface area (Å²) < 4.78 is 24.3. The molecule has 0 aliphatic heterocycles. The van der Waals surface area contributed by atoms with Crippen molar-refractivity contribution in [3.63, 3.8) is 0 Å². The average molecular weight is 429 g/mol. The highest BCUT2D eigenvalue weighted by molar-refractivity contribution is 7.99. The Hall–Kier alpha value is -0.0800. The van der Waals surface area contributed by atoms with Crippen LogP contribution in [0.2, 0.25) is 5.02 Å². The maximum Gasteiger partial charge on any atom is 0.377 e. The van der Waals surface area contributed by atoms with Crippen LogP contribution in [0.1, 0.15) is 52.9 Å². The highest BCUT2D eigenvalue weighted by Crippen LogP contribution is 2.41. The van der Waals surface area contributed by atoms with E-state index in [0.717, 1.165) is 32.1 Å². The summed E-state index contributed by atoms with van der Waals surface area (Å²) in [6.45, 7) is 8.19. The van der Waals surface area contributed by atoms with E-state index < -0.39 is 7.60 Å². The van der Waals surface area contributed by atoms with Crippen molar-refractivity contribution in [1.29, 1.82) is 0 Å². The number of hydrogen-bond acceptors (Lipinski definition) is 5. The second-order valence-corrected chi connectivity index (χ2v) is 8.83. The van der Waals surface area contributed by atoms with Crippen molar-refractivity contribution in [1.82, 2.24) is 9.78 Å². The zero-order valence-electron chi connectivity index (χ0n) is 15.7. The minimum absolute atomic E-state index is 0.0192. The van der Waals surface area contributed by atoms with Crippen molar-refractivity contribution in [3.8, 4) is 0 Å². The van der Waals surface area contributed by atoms with Crippen LogP contribution in [0, 0.1) is 0 Å². The minimum atomic E-state index is -4.53. The molecule has 10 heteroatoms. The van der Waals surface area contributed by atoms with Gasteiger partial charge < -0.3 is 19.3 Å². The highest BCUT2D eigenvalue weighted by Gasteiger charge is 2.30. The Morgan fingerprint density at radius 1 is 1.23 bits per heavy atom. The summed E-state index contributed by atoms with van der Waals surface area (Å²) in [6.07, 6.45) is 4.86. The number of halogens is 1. The van der Waals surface area contributed by atoms with Crippen LogP contribution in [0.4, 0.5) is 0 Å². The van der Waals surface area contributed by atoms with Crippen LogP contribution < -0.4 is 5.44 Å². The number of unbranched alkanes of at least 4 members (excludes halogenated alkanes) is 3. The van der Waals surface area contributed by atoms with E-state index in [0.29, 0.717) is 31.4 Å². The van der Waals surface area contributed by atoms with Gasteiger partial charge in [0.25, 0.3) is 0 Å². The van der Waals surface area contributed by atoms with Gasteiger partial charge in [-0.3, -0.25) is 9.25 Å². The molecule has 1 heterocycles. The number of ether oxygens (including phenoxy) is 2. The van der Waals surface area contributed by atoms with Gasteiger partial charge in [-0.05, 0) is 19.8 Å². The van der Waals surface area contributed by atoms with Gasteiger partial charge in [-0.2, -0.15) is 5.10 Å². The van der Waals surface area contributed by atoms with Crippen molar-refractivity contribution in [2.24, 2.45) is 0 Å². The second kappa shape index (κ2) is 12.4. The Morgan fingerprint density at radius 2 is 1.96 bits per heavy atom. The SMILES string of the molecule is CCCCCCn1nc(P(=O)(O)O)c(Cl)c1SC(CC)OCCOCC. The molecule has 2 N–H and O–H groups in total.